The number of H-pyrrole nitrogens is 1. The summed E-state index contributed by atoms with van der Waals surface area (Å²) in [5.74, 6) is 0. The Morgan fingerprint density at radius 2 is 2.33 bits per heavy atom. The van der Waals surface area contributed by atoms with Crippen LogP contribution in [-0.2, 0) is 12.8 Å². The van der Waals surface area contributed by atoms with Crippen LogP contribution in [0.3, 0.4) is 0 Å². The third-order valence-corrected chi connectivity index (χ3v) is 2.62. The lowest BCUT2D eigenvalue weighted by atomic mass is 10.2. The molecule has 0 amide bonds. The van der Waals surface area contributed by atoms with E-state index >= 15 is 0 Å². The van der Waals surface area contributed by atoms with Gasteiger partial charge in [0.1, 0.15) is 5.65 Å². The maximum Gasteiger partial charge on any atom is 0.137 e. The molecule has 0 atom stereocenters. The normalized spacial score (nSPS) is 15.3. The van der Waals surface area contributed by atoms with E-state index in [0.717, 1.165) is 5.65 Å². The number of aromatic nitrogens is 2. The molecule has 2 nitrogen and oxygen atoms in total. The van der Waals surface area contributed by atoms with Gasteiger partial charge in [-0.25, -0.2) is 4.98 Å². The summed E-state index contributed by atoms with van der Waals surface area (Å²) in [6.45, 7) is 0. The van der Waals surface area contributed by atoms with Crippen LogP contribution >= 0.6 is 0 Å². The Kier molecular flexibility index (Phi) is 1.09. The monoisotopic (exact) mass is 158 g/mol. The van der Waals surface area contributed by atoms with E-state index in [0.29, 0.717) is 0 Å². The van der Waals surface area contributed by atoms with Gasteiger partial charge < -0.3 is 4.98 Å². The zero-order valence-corrected chi connectivity index (χ0v) is 6.80. The molecule has 3 rings (SSSR count). The quantitative estimate of drug-likeness (QED) is 0.624. The maximum atomic E-state index is 4.29. The molecule has 0 unspecified atom stereocenters. The molecule has 60 valence electrons. The first-order chi connectivity index (χ1) is 5.95. The molecule has 0 saturated heterocycles. The summed E-state index contributed by atoms with van der Waals surface area (Å²) in [5, 5.41) is 1.32. The van der Waals surface area contributed by atoms with Crippen molar-refractivity contribution in [2.24, 2.45) is 0 Å². The van der Waals surface area contributed by atoms with Crippen molar-refractivity contribution in [3.63, 3.8) is 0 Å². The van der Waals surface area contributed by atoms with Crippen LogP contribution in [0.4, 0.5) is 0 Å². The fourth-order valence-corrected chi connectivity index (χ4v) is 2.07. The summed E-state index contributed by atoms with van der Waals surface area (Å²) < 4.78 is 0. The van der Waals surface area contributed by atoms with E-state index in [2.05, 4.69) is 16.0 Å². The van der Waals surface area contributed by atoms with Crippen molar-refractivity contribution < 1.29 is 0 Å². The first-order valence-corrected chi connectivity index (χ1v) is 4.39. The average molecular weight is 158 g/mol. The summed E-state index contributed by atoms with van der Waals surface area (Å²) in [6.07, 6.45) is 5.56. The maximum absolute atomic E-state index is 4.29. The van der Waals surface area contributed by atoms with Gasteiger partial charge in [0.15, 0.2) is 0 Å². The number of nitrogens with one attached hydrogen (secondary N) is 1. The van der Waals surface area contributed by atoms with Crippen molar-refractivity contribution in [1.29, 1.82) is 0 Å². The number of aryl methyl sites for hydroxylation is 2. The molecule has 0 radical (unpaired) electrons. The van der Waals surface area contributed by atoms with Crippen LogP contribution in [-0.4, -0.2) is 9.97 Å². The van der Waals surface area contributed by atoms with Crippen molar-refractivity contribution in [3.8, 4) is 0 Å². The van der Waals surface area contributed by atoms with Crippen molar-refractivity contribution in [3.05, 3.63) is 29.6 Å². The van der Waals surface area contributed by atoms with E-state index < -0.39 is 0 Å². The molecule has 2 aromatic heterocycles. The number of aromatic amines is 1. The molecular formula is C10H10N2. The van der Waals surface area contributed by atoms with Gasteiger partial charge >= 0.3 is 0 Å². The minimum Gasteiger partial charge on any atom is -0.343 e. The second kappa shape index (κ2) is 2.09. The summed E-state index contributed by atoms with van der Waals surface area (Å²) in [4.78, 5) is 7.65. The number of fused-ring (bicyclic) bond motifs is 3. The zero-order chi connectivity index (χ0) is 7.97. The summed E-state index contributed by atoms with van der Waals surface area (Å²) in [7, 11) is 0. The van der Waals surface area contributed by atoms with Gasteiger partial charge in [-0.05, 0) is 37.0 Å². The Morgan fingerprint density at radius 1 is 1.33 bits per heavy atom. The molecule has 1 aliphatic rings. The fourth-order valence-electron chi connectivity index (χ4n) is 2.07. The van der Waals surface area contributed by atoms with Crippen LogP contribution in [0, 0.1) is 0 Å². The van der Waals surface area contributed by atoms with Crippen LogP contribution < -0.4 is 0 Å². The SMILES string of the molecule is c1cnc2[nH]c3c(c2c1)CCC3. The number of hydrogen-bond acceptors (Lipinski definition) is 1. The Morgan fingerprint density at radius 3 is 3.33 bits per heavy atom. The molecule has 2 heterocycles. The van der Waals surface area contributed by atoms with Gasteiger partial charge in [-0.2, -0.15) is 0 Å². The summed E-state index contributed by atoms with van der Waals surface area (Å²) >= 11 is 0. The summed E-state index contributed by atoms with van der Waals surface area (Å²) in [5.41, 5.74) is 3.96. The second-order valence-electron chi connectivity index (χ2n) is 3.34. The van der Waals surface area contributed by atoms with E-state index in [-0.39, 0.29) is 0 Å². The third kappa shape index (κ3) is 0.670. The highest BCUT2D eigenvalue weighted by molar-refractivity contribution is 5.81. The molecule has 0 aliphatic heterocycles. The molecule has 0 spiro atoms. The average Bonchev–Trinajstić information content (AvgIpc) is 2.62. The molecule has 12 heavy (non-hydrogen) atoms. The lowest BCUT2D eigenvalue weighted by Crippen LogP contribution is -1.78. The van der Waals surface area contributed by atoms with Crippen LogP contribution in [0.2, 0.25) is 0 Å². The predicted octanol–water partition coefficient (Wildman–Crippen LogP) is 2.05. The minimum atomic E-state index is 1.06. The van der Waals surface area contributed by atoms with Crippen LogP contribution in [0.1, 0.15) is 17.7 Å². The van der Waals surface area contributed by atoms with Gasteiger partial charge in [0.25, 0.3) is 0 Å². The molecule has 0 fully saturated rings. The van der Waals surface area contributed by atoms with E-state index in [9.17, 15) is 0 Å². The lowest BCUT2D eigenvalue weighted by Gasteiger charge is -1.90. The van der Waals surface area contributed by atoms with Gasteiger partial charge in [-0.15, -0.1) is 0 Å². The highest BCUT2D eigenvalue weighted by atomic mass is 14.9. The Bertz CT molecular complexity index is 428. The molecule has 0 bridgehead atoms. The van der Waals surface area contributed by atoms with Crippen LogP contribution in [0.25, 0.3) is 11.0 Å². The second-order valence-corrected chi connectivity index (χ2v) is 3.34. The number of hydrogen-bond donors (Lipinski definition) is 1. The van der Waals surface area contributed by atoms with Crippen molar-refractivity contribution in [2.45, 2.75) is 19.3 Å². The van der Waals surface area contributed by atoms with E-state index in [1.165, 1.54) is 35.9 Å². The molecule has 2 aromatic rings. The van der Waals surface area contributed by atoms with Crippen LogP contribution in [0.5, 0.6) is 0 Å². The number of rotatable bonds is 0. The zero-order valence-electron chi connectivity index (χ0n) is 6.80. The molecule has 0 saturated carbocycles. The van der Waals surface area contributed by atoms with Gasteiger partial charge in [-0.1, -0.05) is 0 Å². The highest BCUT2D eigenvalue weighted by Crippen LogP contribution is 2.28. The fraction of sp³-hybridized carbons (Fsp3) is 0.300. The van der Waals surface area contributed by atoms with Gasteiger partial charge in [-0.3, -0.25) is 0 Å². The molecule has 0 aromatic carbocycles. The Balaban J connectivity index is 2.44. The van der Waals surface area contributed by atoms with Crippen LogP contribution in [0.15, 0.2) is 18.3 Å². The third-order valence-electron chi connectivity index (χ3n) is 2.62. The Hall–Kier alpha value is -1.31. The van der Waals surface area contributed by atoms with Gasteiger partial charge in [0.05, 0.1) is 0 Å². The van der Waals surface area contributed by atoms with E-state index in [4.69, 9.17) is 0 Å². The lowest BCUT2D eigenvalue weighted by molar-refractivity contribution is 0.897. The van der Waals surface area contributed by atoms with E-state index in [1.54, 1.807) is 0 Å². The topological polar surface area (TPSA) is 28.7 Å². The smallest absolute Gasteiger partial charge is 0.137 e. The largest absolute Gasteiger partial charge is 0.343 e. The van der Waals surface area contributed by atoms with Crippen molar-refractivity contribution in [1.82, 2.24) is 9.97 Å². The predicted molar refractivity (Wildman–Crippen MR) is 48.1 cm³/mol. The first kappa shape index (κ1) is 6.23. The number of nitrogens with zero attached hydrogens (tertiary/aromatic N) is 1. The standard InChI is InChI=1S/C10H10N2/c1-3-7-8-4-2-6-11-10(8)12-9(7)5-1/h2,4,6H,1,3,5H2,(H,11,12). The number of pyridine rings is 1. The van der Waals surface area contributed by atoms with Gasteiger partial charge in [0.2, 0.25) is 0 Å². The van der Waals surface area contributed by atoms with Crippen molar-refractivity contribution in [2.75, 3.05) is 0 Å². The van der Waals surface area contributed by atoms with E-state index in [1.807, 2.05) is 12.3 Å². The molecule has 1 N–H and O–H groups in total. The first-order valence-electron chi connectivity index (χ1n) is 4.39. The van der Waals surface area contributed by atoms with Crippen molar-refractivity contribution >= 4 is 11.0 Å². The molecule has 1 aliphatic carbocycles. The molecular weight excluding hydrogens is 148 g/mol. The Labute approximate surface area is 70.6 Å². The van der Waals surface area contributed by atoms with Gasteiger partial charge in [0, 0.05) is 17.3 Å². The molecule has 2 heteroatoms. The minimum absolute atomic E-state index is 1.06. The summed E-state index contributed by atoms with van der Waals surface area (Å²) in [6, 6.07) is 4.16. The highest BCUT2D eigenvalue weighted by Gasteiger charge is 2.16.